The molecule has 2 aromatic heterocycles. The van der Waals surface area contributed by atoms with E-state index in [1.165, 1.54) is 16.8 Å². The second kappa shape index (κ2) is 4.16. The largest absolute Gasteiger partial charge is 0.399 e. The molecule has 0 fully saturated rings. The first kappa shape index (κ1) is 11.3. The summed E-state index contributed by atoms with van der Waals surface area (Å²) >= 11 is 0. The Balaban J connectivity index is 2.14. The number of benzene rings is 1. The van der Waals surface area contributed by atoms with Crippen molar-refractivity contribution in [3.05, 3.63) is 36.4 Å². The number of aryl methyl sites for hydroxylation is 1. The Morgan fingerprint density at radius 1 is 1.26 bits per heavy atom. The van der Waals surface area contributed by atoms with Crippen LogP contribution in [0.5, 0.6) is 0 Å². The zero-order chi connectivity index (χ0) is 13.4. The summed E-state index contributed by atoms with van der Waals surface area (Å²) in [6.07, 6.45) is 3.37. The highest BCUT2D eigenvalue weighted by atomic mass is 19.1. The Morgan fingerprint density at radius 3 is 2.79 bits per heavy atom. The van der Waals surface area contributed by atoms with Gasteiger partial charge in [-0.05, 0) is 28.6 Å². The van der Waals surface area contributed by atoms with Crippen molar-refractivity contribution in [2.24, 2.45) is 7.05 Å². The molecule has 0 aliphatic heterocycles. The molecule has 1 aromatic carbocycles. The van der Waals surface area contributed by atoms with Crippen LogP contribution in [0.2, 0.25) is 0 Å². The molecular weight excluding hydrogens is 249 g/mol. The van der Waals surface area contributed by atoms with Gasteiger partial charge in [0, 0.05) is 18.3 Å². The van der Waals surface area contributed by atoms with Crippen molar-refractivity contribution < 1.29 is 4.39 Å². The zero-order valence-corrected chi connectivity index (χ0v) is 10.0. The Kier molecular flexibility index (Phi) is 2.48. The van der Waals surface area contributed by atoms with Gasteiger partial charge in [0.05, 0.1) is 12.4 Å². The molecule has 7 nitrogen and oxygen atoms in total. The number of halogens is 1. The lowest BCUT2D eigenvalue weighted by Gasteiger charge is -2.03. The first-order chi connectivity index (χ1) is 9.13. The molecule has 0 atom stereocenters. The molecule has 3 rings (SSSR count). The lowest BCUT2D eigenvalue weighted by Crippen LogP contribution is -1.99. The molecule has 0 spiro atoms. The first-order valence-electron chi connectivity index (χ1n) is 5.47. The maximum absolute atomic E-state index is 13.4. The molecule has 2 N–H and O–H groups in total. The van der Waals surface area contributed by atoms with Crippen molar-refractivity contribution in [2.45, 2.75) is 0 Å². The van der Waals surface area contributed by atoms with Crippen LogP contribution >= 0.6 is 0 Å². The highest BCUT2D eigenvalue weighted by Gasteiger charge is 2.13. The van der Waals surface area contributed by atoms with Crippen molar-refractivity contribution in [1.29, 1.82) is 0 Å². The van der Waals surface area contributed by atoms with Crippen molar-refractivity contribution in [3.8, 4) is 17.1 Å². The number of nitrogens with zero attached hydrogens (tertiary/aromatic N) is 6. The smallest absolute Gasteiger partial charge is 0.187 e. The molecule has 0 radical (unpaired) electrons. The summed E-state index contributed by atoms with van der Waals surface area (Å²) in [6, 6.07) is 4.18. The molecule has 0 saturated carbocycles. The fourth-order valence-corrected chi connectivity index (χ4v) is 1.80. The second-order valence-corrected chi connectivity index (χ2v) is 4.06. The molecule has 0 bridgehead atoms. The molecule has 0 saturated heterocycles. The van der Waals surface area contributed by atoms with Gasteiger partial charge in [-0.25, -0.2) is 4.39 Å². The van der Waals surface area contributed by atoms with E-state index in [2.05, 4.69) is 20.6 Å². The number of nitrogen functional groups attached to an aromatic ring is 1. The number of nitrogens with two attached hydrogens (primary N) is 1. The molecule has 0 unspecified atom stereocenters. The third-order valence-corrected chi connectivity index (χ3v) is 2.58. The van der Waals surface area contributed by atoms with Crippen molar-refractivity contribution in [3.63, 3.8) is 0 Å². The van der Waals surface area contributed by atoms with E-state index in [9.17, 15) is 4.39 Å². The van der Waals surface area contributed by atoms with Gasteiger partial charge in [0.15, 0.2) is 5.82 Å². The monoisotopic (exact) mass is 259 g/mol. The van der Waals surface area contributed by atoms with E-state index in [0.29, 0.717) is 22.8 Å². The molecule has 8 heteroatoms. The van der Waals surface area contributed by atoms with Gasteiger partial charge < -0.3 is 5.73 Å². The summed E-state index contributed by atoms with van der Waals surface area (Å²) in [5.74, 6) is -0.0325. The Bertz CT molecular complexity index is 710. The van der Waals surface area contributed by atoms with E-state index in [4.69, 9.17) is 5.73 Å². The van der Waals surface area contributed by atoms with E-state index in [1.807, 2.05) is 0 Å². The molecule has 0 amide bonds. The maximum Gasteiger partial charge on any atom is 0.187 e. The van der Waals surface area contributed by atoms with Crippen molar-refractivity contribution in [1.82, 2.24) is 30.0 Å². The van der Waals surface area contributed by atoms with Gasteiger partial charge in [-0.1, -0.05) is 0 Å². The SMILES string of the molecule is Cn1cc(-n2nnnc2-c2cc(N)cc(F)c2)cn1. The summed E-state index contributed by atoms with van der Waals surface area (Å²) in [4.78, 5) is 0. The van der Waals surface area contributed by atoms with E-state index >= 15 is 0 Å². The molecule has 3 aromatic rings. The third kappa shape index (κ3) is 2.03. The fraction of sp³-hybridized carbons (Fsp3) is 0.0909. The highest BCUT2D eigenvalue weighted by Crippen LogP contribution is 2.22. The minimum Gasteiger partial charge on any atom is -0.399 e. The zero-order valence-electron chi connectivity index (χ0n) is 10.0. The topological polar surface area (TPSA) is 87.4 Å². The number of tetrazole rings is 1. The van der Waals surface area contributed by atoms with E-state index in [-0.39, 0.29) is 0 Å². The van der Waals surface area contributed by atoms with Crippen LogP contribution in [0, 0.1) is 5.82 Å². The number of aromatic nitrogens is 6. The number of rotatable bonds is 2. The predicted octanol–water partition coefficient (Wildman–Crippen LogP) is 0.784. The maximum atomic E-state index is 13.4. The van der Waals surface area contributed by atoms with Crippen LogP contribution in [0.3, 0.4) is 0 Å². The highest BCUT2D eigenvalue weighted by molar-refractivity contribution is 5.62. The van der Waals surface area contributed by atoms with Crippen LogP contribution in [-0.2, 0) is 7.05 Å². The summed E-state index contributed by atoms with van der Waals surface area (Å²) in [6.45, 7) is 0. The molecule has 96 valence electrons. The normalized spacial score (nSPS) is 10.8. The fourth-order valence-electron chi connectivity index (χ4n) is 1.80. The lowest BCUT2D eigenvalue weighted by molar-refractivity contribution is 0.628. The van der Waals surface area contributed by atoms with Gasteiger partial charge in [-0.3, -0.25) is 4.68 Å². The van der Waals surface area contributed by atoms with Gasteiger partial charge >= 0.3 is 0 Å². The Hall–Kier alpha value is -2.77. The average molecular weight is 259 g/mol. The van der Waals surface area contributed by atoms with Gasteiger partial charge in [0.1, 0.15) is 11.5 Å². The summed E-state index contributed by atoms with van der Waals surface area (Å²) in [7, 11) is 1.79. The quantitative estimate of drug-likeness (QED) is 0.687. The van der Waals surface area contributed by atoms with E-state index in [1.54, 1.807) is 30.2 Å². The van der Waals surface area contributed by atoms with Crippen molar-refractivity contribution >= 4 is 5.69 Å². The van der Waals surface area contributed by atoms with Crippen molar-refractivity contribution in [2.75, 3.05) is 5.73 Å². The Morgan fingerprint density at radius 2 is 2.11 bits per heavy atom. The third-order valence-electron chi connectivity index (χ3n) is 2.58. The summed E-state index contributed by atoms with van der Waals surface area (Å²) in [5, 5.41) is 15.4. The lowest BCUT2D eigenvalue weighted by atomic mass is 10.2. The van der Waals surface area contributed by atoms with Crippen LogP contribution in [0.4, 0.5) is 10.1 Å². The second-order valence-electron chi connectivity index (χ2n) is 4.06. The standard InChI is InChI=1S/C11H10FN7/c1-18-6-10(5-14-18)19-11(15-16-17-19)7-2-8(12)4-9(13)3-7/h2-6H,13H2,1H3. The number of anilines is 1. The minimum atomic E-state index is -0.435. The molecule has 0 aliphatic rings. The van der Waals surface area contributed by atoms with Crippen LogP contribution in [0.25, 0.3) is 17.1 Å². The van der Waals surface area contributed by atoms with Gasteiger partial charge in [0.2, 0.25) is 0 Å². The van der Waals surface area contributed by atoms with Gasteiger partial charge in [-0.2, -0.15) is 9.78 Å². The molecular formula is C11H10FN7. The van der Waals surface area contributed by atoms with E-state index in [0.717, 1.165) is 0 Å². The van der Waals surface area contributed by atoms with Crippen LogP contribution in [-0.4, -0.2) is 30.0 Å². The predicted molar refractivity (Wildman–Crippen MR) is 65.7 cm³/mol. The van der Waals surface area contributed by atoms with Gasteiger partial charge in [-0.15, -0.1) is 5.10 Å². The van der Waals surface area contributed by atoms with E-state index < -0.39 is 5.82 Å². The van der Waals surface area contributed by atoms with Crippen LogP contribution in [0.15, 0.2) is 30.6 Å². The summed E-state index contributed by atoms with van der Waals surface area (Å²) < 4.78 is 16.5. The first-order valence-corrected chi connectivity index (χ1v) is 5.47. The average Bonchev–Trinajstić information content (AvgIpc) is 2.95. The molecule has 19 heavy (non-hydrogen) atoms. The van der Waals surface area contributed by atoms with Crippen LogP contribution < -0.4 is 5.73 Å². The summed E-state index contributed by atoms with van der Waals surface area (Å²) in [5.41, 5.74) is 7.13. The Labute approximate surface area is 107 Å². The number of hydrogen-bond donors (Lipinski definition) is 1. The minimum absolute atomic E-state index is 0.315. The molecule has 0 aliphatic carbocycles. The molecule has 2 heterocycles. The number of hydrogen-bond acceptors (Lipinski definition) is 5. The van der Waals surface area contributed by atoms with Gasteiger partial charge in [0.25, 0.3) is 0 Å². The van der Waals surface area contributed by atoms with Crippen LogP contribution in [0.1, 0.15) is 0 Å².